The minimum Gasteiger partial charge on any atom is -0.396 e. The fourth-order valence-corrected chi connectivity index (χ4v) is 1.38. The highest BCUT2D eigenvalue weighted by Gasteiger charge is 2.24. The number of rotatable bonds is 4. The normalized spacial score (nSPS) is 13.6. The molecule has 1 aromatic rings. The van der Waals surface area contributed by atoms with Crippen molar-refractivity contribution < 1.29 is 5.11 Å². The quantitative estimate of drug-likeness (QED) is 0.792. The first kappa shape index (κ1) is 11.9. The van der Waals surface area contributed by atoms with Gasteiger partial charge in [-0.3, -0.25) is 0 Å². The third-order valence-electron chi connectivity index (χ3n) is 2.33. The summed E-state index contributed by atoms with van der Waals surface area (Å²) in [6.45, 7) is 6.55. The number of anilines is 1. The number of aliphatic hydroxyl groups excluding tert-OH is 1. The van der Waals surface area contributed by atoms with E-state index < -0.39 is 0 Å². The number of hydrogen-bond donors (Lipinski definition) is 2. The molecule has 2 N–H and O–H groups in total. The van der Waals surface area contributed by atoms with Gasteiger partial charge < -0.3 is 10.4 Å². The fraction of sp³-hybridized carbons (Fsp3) is 0.636. The maximum Gasteiger partial charge on any atom is 0.222 e. The van der Waals surface area contributed by atoms with E-state index in [2.05, 4.69) is 36.1 Å². The highest BCUT2D eigenvalue weighted by Crippen LogP contribution is 2.23. The molecular formula is C11H19N3O. The minimum absolute atomic E-state index is 0.0714. The van der Waals surface area contributed by atoms with Crippen molar-refractivity contribution in [3.8, 4) is 0 Å². The molecule has 15 heavy (non-hydrogen) atoms. The Morgan fingerprint density at radius 1 is 1.33 bits per heavy atom. The number of nitrogens with zero attached hydrogens (tertiary/aromatic N) is 2. The topological polar surface area (TPSA) is 58.0 Å². The summed E-state index contributed by atoms with van der Waals surface area (Å²) in [5.41, 5.74) is 0.0714. The minimum atomic E-state index is 0.0714. The van der Waals surface area contributed by atoms with Crippen LogP contribution in [0.1, 0.15) is 27.2 Å². The van der Waals surface area contributed by atoms with E-state index in [1.807, 2.05) is 0 Å². The Hall–Kier alpha value is -1.16. The van der Waals surface area contributed by atoms with Crippen LogP contribution in [-0.2, 0) is 0 Å². The number of aromatic nitrogens is 2. The van der Waals surface area contributed by atoms with E-state index in [1.54, 1.807) is 18.5 Å². The van der Waals surface area contributed by atoms with E-state index in [9.17, 15) is 0 Å². The molecule has 0 aliphatic heterocycles. The first-order chi connectivity index (χ1) is 7.04. The molecule has 0 aromatic carbocycles. The summed E-state index contributed by atoms with van der Waals surface area (Å²) in [5.74, 6) is 0.617. The molecule has 4 heteroatoms. The zero-order chi connectivity index (χ0) is 11.3. The molecule has 1 rings (SSSR count). The highest BCUT2D eigenvalue weighted by molar-refractivity contribution is 5.25. The standard InChI is InChI=1S/C11H19N3O/c1-11(2,3)9(5-8-15)14-10-12-6-4-7-13-10/h4,6-7,9,15H,5,8H2,1-3H3,(H,12,13,14). The zero-order valence-electron chi connectivity index (χ0n) is 9.57. The lowest BCUT2D eigenvalue weighted by molar-refractivity contribution is 0.235. The predicted molar refractivity (Wildman–Crippen MR) is 60.6 cm³/mol. The van der Waals surface area contributed by atoms with Gasteiger partial charge in [-0.15, -0.1) is 0 Å². The third kappa shape index (κ3) is 3.83. The molecule has 1 atom stereocenters. The van der Waals surface area contributed by atoms with Crippen LogP contribution in [0.4, 0.5) is 5.95 Å². The van der Waals surface area contributed by atoms with Crippen molar-refractivity contribution in [3.63, 3.8) is 0 Å². The van der Waals surface area contributed by atoms with E-state index >= 15 is 0 Å². The second kappa shape index (κ2) is 5.07. The lowest BCUT2D eigenvalue weighted by Crippen LogP contribution is -2.35. The second-order valence-corrected chi connectivity index (χ2v) is 4.65. The van der Waals surface area contributed by atoms with Gasteiger partial charge in [0.2, 0.25) is 5.95 Å². The van der Waals surface area contributed by atoms with E-state index in [0.29, 0.717) is 12.4 Å². The molecule has 0 radical (unpaired) electrons. The van der Waals surface area contributed by atoms with Gasteiger partial charge in [0.1, 0.15) is 0 Å². The van der Waals surface area contributed by atoms with E-state index in [1.165, 1.54) is 0 Å². The Kier molecular flexibility index (Phi) is 4.03. The van der Waals surface area contributed by atoms with Gasteiger partial charge in [-0.1, -0.05) is 20.8 Å². The van der Waals surface area contributed by atoms with Gasteiger partial charge in [-0.25, -0.2) is 9.97 Å². The SMILES string of the molecule is CC(C)(C)C(CCO)Nc1ncccn1. The van der Waals surface area contributed by atoms with Crippen molar-refractivity contribution >= 4 is 5.95 Å². The molecule has 0 aliphatic rings. The van der Waals surface area contributed by atoms with Gasteiger partial charge in [0, 0.05) is 25.0 Å². The smallest absolute Gasteiger partial charge is 0.222 e. The van der Waals surface area contributed by atoms with Gasteiger partial charge >= 0.3 is 0 Å². The average molecular weight is 209 g/mol. The molecule has 1 aromatic heterocycles. The summed E-state index contributed by atoms with van der Waals surface area (Å²) in [6, 6.07) is 1.95. The lowest BCUT2D eigenvalue weighted by Gasteiger charge is -2.31. The van der Waals surface area contributed by atoms with Gasteiger partial charge in [-0.05, 0) is 17.9 Å². The maximum absolute atomic E-state index is 9.00. The summed E-state index contributed by atoms with van der Waals surface area (Å²) in [7, 11) is 0. The maximum atomic E-state index is 9.00. The second-order valence-electron chi connectivity index (χ2n) is 4.65. The molecule has 1 unspecified atom stereocenters. The Labute approximate surface area is 90.8 Å². The van der Waals surface area contributed by atoms with Crippen LogP contribution in [0.25, 0.3) is 0 Å². The molecule has 0 saturated carbocycles. The Morgan fingerprint density at radius 2 is 1.93 bits per heavy atom. The Bertz CT molecular complexity index is 282. The van der Waals surface area contributed by atoms with Crippen molar-refractivity contribution in [1.82, 2.24) is 9.97 Å². The molecule has 1 heterocycles. The summed E-state index contributed by atoms with van der Waals surface area (Å²) >= 11 is 0. The number of aliphatic hydroxyl groups is 1. The van der Waals surface area contributed by atoms with Crippen LogP contribution in [-0.4, -0.2) is 27.7 Å². The van der Waals surface area contributed by atoms with Crippen molar-refractivity contribution in [2.24, 2.45) is 5.41 Å². The van der Waals surface area contributed by atoms with Gasteiger partial charge in [0.05, 0.1) is 0 Å². The number of nitrogens with one attached hydrogen (secondary N) is 1. The van der Waals surface area contributed by atoms with Crippen molar-refractivity contribution in [1.29, 1.82) is 0 Å². The molecule has 0 amide bonds. The van der Waals surface area contributed by atoms with Crippen molar-refractivity contribution in [2.75, 3.05) is 11.9 Å². The molecule has 84 valence electrons. The number of hydrogen-bond acceptors (Lipinski definition) is 4. The van der Waals surface area contributed by atoms with Crippen molar-refractivity contribution in [2.45, 2.75) is 33.2 Å². The van der Waals surface area contributed by atoms with Crippen LogP contribution < -0.4 is 5.32 Å². The van der Waals surface area contributed by atoms with Crippen LogP contribution in [0.3, 0.4) is 0 Å². The summed E-state index contributed by atoms with van der Waals surface area (Å²) in [4.78, 5) is 8.22. The monoisotopic (exact) mass is 209 g/mol. The largest absolute Gasteiger partial charge is 0.396 e. The van der Waals surface area contributed by atoms with Crippen LogP contribution in [0.15, 0.2) is 18.5 Å². The molecular weight excluding hydrogens is 190 g/mol. The van der Waals surface area contributed by atoms with Crippen molar-refractivity contribution in [3.05, 3.63) is 18.5 Å². The predicted octanol–water partition coefficient (Wildman–Crippen LogP) is 1.69. The van der Waals surface area contributed by atoms with E-state index in [4.69, 9.17) is 5.11 Å². The summed E-state index contributed by atoms with van der Waals surface area (Å²) in [6.07, 6.45) is 4.10. The van der Waals surface area contributed by atoms with Gasteiger partial charge in [0.25, 0.3) is 0 Å². The third-order valence-corrected chi connectivity index (χ3v) is 2.33. The van der Waals surface area contributed by atoms with Crippen LogP contribution in [0.5, 0.6) is 0 Å². The molecule has 0 fully saturated rings. The van der Waals surface area contributed by atoms with Crippen LogP contribution in [0.2, 0.25) is 0 Å². The van der Waals surface area contributed by atoms with Gasteiger partial charge in [-0.2, -0.15) is 0 Å². The fourth-order valence-electron chi connectivity index (χ4n) is 1.38. The Morgan fingerprint density at radius 3 is 2.40 bits per heavy atom. The summed E-state index contributed by atoms with van der Waals surface area (Å²) < 4.78 is 0. The molecule has 0 bridgehead atoms. The first-order valence-corrected chi connectivity index (χ1v) is 5.18. The molecule has 4 nitrogen and oxygen atoms in total. The molecule has 0 aliphatic carbocycles. The molecule has 0 saturated heterocycles. The van der Waals surface area contributed by atoms with E-state index in [0.717, 1.165) is 0 Å². The highest BCUT2D eigenvalue weighted by atomic mass is 16.3. The van der Waals surface area contributed by atoms with Crippen LogP contribution >= 0.6 is 0 Å². The molecule has 0 spiro atoms. The van der Waals surface area contributed by atoms with Gasteiger partial charge in [0.15, 0.2) is 0 Å². The van der Waals surface area contributed by atoms with Crippen LogP contribution in [0, 0.1) is 5.41 Å². The average Bonchev–Trinajstić information content (AvgIpc) is 2.17. The van der Waals surface area contributed by atoms with E-state index in [-0.39, 0.29) is 18.1 Å². The lowest BCUT2D eigenvalue weighted by atomic mass is 9.85. The summed E-state index contributed by atoms with van der Waals surface area (Å²) in [5, 5.41) is 12.2. The first-order valence-electron chi connectivity index (χ1n) is 5.18. The Balaban J connectivity index is 2.67. The zero-order valence-corrected chi connectivity index (χ0v) is 9.57.